The summed E-state index contributed by atoms with van der Waals surface area (Å²) in [7, 11) is 2.18. The van der Waals surface area contributed by atoms with Crippen molar-refractivity contribution in [3.8, 4) is 0 Å². The van der Waals surface area contributed by atoms with E-state index in [1.807, 2.05) is 4.90 Å². The van der Waals surface area contributed by atoms with Gasteiger partial charge in [0.15, 0.2) is 0 Å². The van der Waals surface area contributed by atoms with Crippen molar-refractivity contribution >= 4 is 6.41 Å². The molecule has 4 heteroatoms. The predicted octanol–water partition coefficient (Wildman–Crippen LogP) is 1.36. The number of hydrogen-bond donors (Lipinski definition) is 0. The highest BCUT2D eigenvalue weighted by molar-refractivity contribution is 5.47. The second-order valence-electron chi connectivity index (χ2n) is 4.82. The van der Waals surface area contributed by atoms with Crippen LogP contribution in [0.3, 0.4) is 0 Å². The third-order valence-corrected chi connectivity index (χ3v) is 3.42. The van der Waals surface area contributed by atoms with Crippen molar-refractivity contribution in [2.45, 2.75) is 38.6 Å². The van der Waals surface area contributed by atoms with Crippen molar-refractivity contribution in [2.24, 2.45) is 0 Å². The number of hydrogen-bond acceptors (Lipinski definition) is 3. The van der Waals surface area contributed by atoms with Crippen LogP contribution in [0.25, 0.3) is 0 Å². The summed E-state index contributed by atoms with van der Waals surface area (Å²) in [6.45, 7) is 6.78. The van der Waals surface area contributed by atoms with Crippen molar-refractivity contribution < 1.29 is 9.53 Å². The van der Waals surface area contributed by atoms with Crippen LogP contribution in [-0.2, 0) is 9.53 Å². The summed E-state index contributed by atoms with van der Waals surface area (Å²) in [6.07, 6.45) is 5.37. The van der Waals surface area contributed by atoms with Crippen LogP contribution in [-0.4, -0.2) is 62.1 Å². The molecule has 100 valence electrons. The molecule has 0 bridgehead atoms. The van der Waals surface area contributed by atoms with E-state index < -0.39 is 0 Å². The molecule has 1 fully saturated rings. The Bertz CT molecular complexity index is 204. The SMILES string of the molecule is CCCOCCCN(C)C1CCN(C=O)CC1. The van der Waals surface area contributed by atoms with Crippen LogP contribution in [0.15, 0.2) is 0 Å². The van der Waals surface area contributed by atoms with Crippen LogP contribution < -0.4 is 0 Å². The molecule has 1 amide bonds. The van der Waals surface area contributed by atoms with E-state index in [0.717, 1.165) is 64.9 Å². The average molecular weight is 242 g/mol. The zero-order valence-electron chi connectivity index (χ0n) is 11.2. The first-order valence-corrected chi connectivity index (χ1v) is 6.75. The highest BCUT2D eigenvalue weighted by Gasteiger charge is 2.20. The molecule has 0 aromatic heterocycles. The number of carbonyl (C=O) groups is 1. The number of piperidine rings is 1. The summed E-state index contributed by atoms with van der Waals surface area (Å²) in [5.41, 5.74) is 0. The molecule has 17 heavy (non-hydrogen) atoms. The van der Waals surface area contributed by atoms with Crippen LogP contribution >= 0.6 is 0 Å². The van der Waals surface area contributed by atoms with Gasteiger partial charge in [0, 0.05) is 38.9 Å². The second kappa shape index (κ2) is 8.48. The van der Waals surface area contributed by atoms with Crippen molar-refractivity contribution in [3.05, 3.63) is 0 Å². The van der Waals surface area contributed by atoms with Gasteiger partial charge in [-0.3, -0.25) is 4.79 Å². The van der Waals surface area contributed by atoms with Crippen molar-refractivity contribution in [1.29, 1.82) is 0 Å². The molecule has 1 rings (SSSR count). The number of rotatable bonds is 8. The predicted molar refractivity (Wildman–Crippen MR) is 69.0 cm³/mol. The van der Waals surface area contributed by atoms with Crippen LogP contribution in [0.4, 0.5) is 0 Å². The smallest absolute Gasteiger partial charge is 0.209 e. The van der Waals surface area contributed by atoms with Gasteiger partial charge in [-0.25, -0.2) is 0 Å². The Labute approximate surface area is 105 Å². The van der Waals surface area contributed by atoms with Crippen molar-refractivity contribution in [2.75, 3.05) is 39.9 Å². The highest BCUT2D eigenvalue weighted by Crippen LogP contribution is 2.14. The third kappa shape index (κ3) is 5.50. The molecule has 0 N–H and O–H groups in total. The molecule has 0 aromatic rings. The molecule has 0 aromatic carbocycles. The van der Waals surface area contributed by atoms with Gasteiger partial charge in [-0.05, 0) is 32.7 Å². The Kier molecular flexibility index (Phi) is 7.21. The first-order chi connectivity index (χ1) is 8.27. The fraction of sp³-hybridized carbons (Fsp3) is 0.923. The molecule has 1 heterocycles. The Morgan fingerprint density at radius 2 is 2.06 bits per heavy atom. The second-order valence-corrected chi connectivity index (χ2v) is 4.82. The summed E-state index contributed by atoms with van der Waals surface area (Å²) in [5.74, 6) is 0. The van der Waals surface area contributed by atoms with Gasteiger partial charge in [0.05, 0.1) is 0 Å². The fourth-order valence-corrected chi connectivity index (χ4v) is 2.28. The van der Waals surface area contributed by atoms with Crippen molar-refractivity contribution in [3.63, 3.8) is 0 Å². The lowest BCUT2D eigenvalue weighted by Crippen LogP contribution is -2.43. The summed E-state index contributed by atoms with van der Waals surface area (Å²) in [4.78, 5) is 14.9. The van der Waals surface area contributed by atoms with E-state index in [1.165, 1.54) is 0 Å². The lowest BCUT2D eigenvalue weighted by molar-refractivity contribution is -0.119. The number of amides is 1. The van der Waals surface area contributed by atoms with E-state index in [-0.39, 0.29) is 0 Å². The molecule has 0 spiro atoms. The van der Waals surface area contributed by atoms with Gasteiger partial charge >= 0.3 is 0 Å². The quantitative estimate of drug-likeness (QED) is 0.476. The Hall–Kier alpha value is -0.610. The van der Waals surface area contributed by atoms with Gasteiger partial charge in [-0.2, -0.15) is 0 Å². The van der Waals surface area contributed by atoms with Gasteiger partial charge < -0.3 is 14.5 Å². The molecule has 0 aliphatic carbocycles. The summed E-state index contributed by atoms with van der Waals surface area (Å²) in [5, 5.41) is 0. The zero-order valence-corrected chi connectivity index (χ0v) is 11.2. The van der Waals surface area contributed by atoms with Crippen LogP contribution in [0.2, 0.25) is 0 Å². The van der Waals surface area contributed by atoms with Gasteiger partial charge in [0.25, 0.3) is 0 Å². The monoisotopic (exact) mass is 242 g/mol. The minimum Gasteiger partial charge on any atom is -0.381 e. The van der Waals surface area contributed by atoms with Crippen LogP contribution in [0.1, 0.15) is 32.6 Å². The maximum Gasteiger partial charge on any atom is 0.209 e. The summed E-state index contributed by atoms with van der Waals surface area (Å²) in [6, 6.07) is 0.636. The number of ether oxygens (including phenoxy) is 1. The molecule has 0 saturated carbocycles. The molecular formula is C13H26N2O2. The first-order valence-electron chi connectivity index (χ1n) is 6.75. The maximum absolute atomic E-state index is 10.6. The molecular weight excluding hydrogens is 216 g/mol. The maximum atomic E-state index is 10.6. The first kappa shape index (κ1) is 14.5. The van der Waals surface area contributed by atoms with E-state index in [0.29, 0.717) is 6.04 Å². The summed E-state index contributed by atoms with van der Waals surface area (Å²) < 4.78 is 5.47. The molecule has 1 saturated heterocycles. The molecule has 0 unspecified atom stereocenters. The normalized spacial score (nSPS) is 17.7. The van der Waals surface area contributed by atoms with E-state index in [9.17, 15) is 4.79 Å². The topological polar surface area (TPSA) is 32.8 Å². The lowest BCUT2D eigenvalue weighted by atomic mass is 10.0. The molecule has 1 aliphatic heterocycles. The molecule has 0 radical (unpaired) electrons. The van der Waals surface area contributed by atoms with Gasteiger partial charge in [-0.15, -0.1) is 0 Å². The average Bonchev–Trinajstić information content (AvgIpc) is 2.38. The Morgan fingerprint density at radius 1 is 1.35 bits per heavy atom. The van der Waals surface area contributed by atoms with Gasteiger partial charge in [0.2, 0.25) is 6.41 Å². The Morgan fingerprint density at radius 3 is 2.65 bits per heavy atom. The van der Waals surface area contributed by atoms with E-state index in [1.54, 1.807) is 0 Å². The van der Waals surface area contributed by atoms with Crippen molar-refractivity contribution in [1.82, 2.24) is 9.80 Å². The van der Waals surface area contributed by atoms with Gasteiger partial charge in [0.1, 0.15) is 0 Å². The van der Waals surface area contributed by atoms with Crippen LogP contribution in [0, 0.1) is 0 Å². The Balaban J connectivity index is 2.07. The van der Waals surface area contributed by atoms with E-state index in [4.69, 9.17) is 4.74 Å². The molecule has 1 aliphatic rings. The van der Waals surface area contributed by atoms with E-state index >= 15 is 0 Å². The molecule has 4 nitrogen and oxygen atoms in total. The largest absolute Gasteiger partial charge is 0.381 e. The minimum atomic E-state index is 0.636. The highest BCUT2D eigenvalue weighted by atomic mass is 16.5. The zero-order chi connectivity index (χ0) is 12.5. The van der Waals surface area contributed by atoms with Gasteiger partial charge in [-0.1, -0.05) is 6.92 Å². The number of carbonyl (C=O) groups excluding carboxylic acids is 1. The number of nitrogens with zero attached hydrogens (tertiary/aromatic N) is 2. The van der Waals surface area contributed by atoms with Crippen LogP contribution in [0.5, 0.6) is 0 Å². The van der Waals surface area contributed by atoms with E-state index in [2.05, 4.69) is 18.9 Å². The fourth-order valence-electron chi connectivity index (χ4n) is 2.28. The molecule has 0 atom stereocenters. The lowest BCUT2D eigenvalue weighted by Gasteiger charge is -2.35. The standard InChI is InChI=1S/C13H26N2O2/c1-3-10-17-11-4-7-14(2)13-5-8-15(12-16)9-6-13/h12-13H,3-11H2,1-2H3. The number of likely N-dealkylation sites (tertiary alicyclic amines) is 1. The third-order valence-electron chi connectivity index (χ3n) is 3.42. The minimum absolute atomic E-state index is 0.636. The summed E-state index contributed by atoms with van der Waals surface area (Å²) >= 11 is 0.